The standard InChI is InChI=1S/C28H36N4O3/c1-20-16-32(21(2)19-33)28(34)25-14-23(11-12-24-10-6-7-13-29-24)15-30-27(25)35-26(20)18-31(3)17-22-8-4-5-9-22/h6-7,10,13-15,20-22,26,33H,4-5,8-9,16-19H2,1-3H3/t20-,21-,26+/m0/s1. The topological polar surface area (TPSA) is 78.8 Å². The van der Waals surface area contributed by atoms with Crippen LogP contribution in [-0.4, -0.2) is 76.2 Å². The number of aliphatic hydroxyl groups is 1. The largest absolute Gasteiger partial charge is 0.472 e. The second kappa shape index (κ2) is 11.7. The molecule has 2 aromatic heterocycles. The molecule has 1 saturated carbocycles. The van der Waals surface area contributed by atoms with Crippen LogP contribution in [0.5, 0.6) is 5.88 Å². The number of carbonyl (C=O) groups excluding carboxylic acids is 1. The molecule has 7 heteroatoms. The van der Waals surface area contributed by atoms with Crippen LogP contribution in [0.15, 0.2) is 36.7 Å². The molecule has 0 saturated heterocycles. The Bertz CT molecular complexity index is 1060. The van der Waals surface area contributed by atoms with Crippen molar-refractivity contribution < 1.29 is 14.6 Å². The molecular weight excluding hydrogens is 440 g/mol. The van der Waals surface area contributed by atoms with Crippen molar-refractivity contribution in [1.82, 2.24) is 19.8 Å². The quantitative estimate of drug-likeness (QED) is 0.645. The van der Waals surface area contributed by atoms with E-state index in [-0.39, 0.29) is 30.6 Å². The lowest BCUT2D eigenvalue weighted by molar-refractivity contribution is 0.0320. The SMILES string of the molecule is C[C@H]1CN([C@@H](C)CO)C(=O)c2cc(C#Cc3ccccn3)cnc2O[C@@H]1CN(C)CC1CCCC1. The van der Waals surface area contributed by atoms with E-state index >= 15 is 0 Å². The minimum atomic E-state index is -0.309. The second-order valence-corrected chi connectivity index (χ2v) is 10.0. The van der Waals surface area contributed by atoms with E-state index in [0.717, 1.165) is 19.0 Å². The number of amides is 1. The molecule has 35 heavy (non-hydrogen) atoms. The van der Waals surface area contributed by atoms with Crippen molar-refractivity contribution in [2.24, 2.45) is 11.8 Å². The van der Waals surface area contributed by atoms with Gasteiger partial charge in [0.15, 0.2) is 0 Å². The van der Waals surface area contributed by atoms with E-state index < -0.39 is 0 Å². The summed E-state index contributed by atoms with van der Waals surface area (Å²) in [5, 5.41) is 9.86. The monoisotopic (exact) mass is 476 g/mol. The molecule has 1 N–H and O–H groups in total. The first kappa shape index (κ1) is 25.2. The number of nitrogens with zero attached hydrogens (tertiary/aromatic N) is 4. The Kier molecular flexibility index (Phi) is 8.37. The smallest absolute Gasteiger partial charge is 0.259 e. The summed E-state index contributed by atoms with van der Waals surface area (Å²) in [5.74, 6) is 7.05. The van der Waals surface area contributed by atoms with Crippen LogP contribution in [0.3, 0.4) is 0 Å². The molecule has 0 bridgehead atoms. The average Bonchev–Trinajstić information content (AvgIpc) is 3.38. The molecule has 1 amide bonds. The van der Waals surface area contributed by atoms with Crippen LogP contribution in [0.4, 0.5) is 0 Å². The highest BCUT2D eigenvalue weighted by molar-refractivity contribution is 5.97. The van der Waals surface area contributed by atoms with Crippen LogP contribution in [0, 0.1) is 23.7 Å². The molecule has 186 valence electrons. The molecule has 3 atom stereocenters. The lowest BCUT2D eigenvalue weighted by Gasteiger charge is -2.38. The molecule has 2 aromatic rings. The number of carbonyl (C=O) groups is 1. The highest BCUT2D eigenvalue weighted by Gasteiger charge is 2.34. The highest BCUT2D eigenvalue weighted by Crippen LogP contribution is 2.29. The number of pyridine rings is 2. The molecule has 4 rings (SSSR count). The first-order chi connectivity index (χ1) is 16.9. The van der Waals surface area contributed by atoms with Crippen molar-refractivity contribution >= 4 is 5.91 Å². The highest BCUT2D eigenvalue weighted by atomic mass is 16.5. The fraction of sp³-hybridized carbons (Fsp3) is 0.536. The third kappa shape index (κ3) is 6.39. The molecule has 2 aliphatic rings. The number of aromatic nitrogens is 2. The number of ether oxygens (including phenoxy) is 1. The van der Waals surface area contributed by atoms with Crippen LogP contribution < -0.4 is 4.74 Å². The van der Waals surface area contributed by atoms with Gasteiger partial charge in [0.2, 0.25) is 5.88 Å². The first-order valence-corrected chi connectivity index (χ1v) is 12.6. The Morgan fingerprint density at radius 3 is 2.74 bits per heavy atom. The fourth-order valence-electron chi connectivity index (χ4n) is 4.98. The van der Waals surface area contributed by atoms with Crippen molar-refractivity contribution in [2.75, 3.05) is 33.3 Å². The van der Waals surface area contributed by atoms with Gasteiger partial charge >= 0.3 is 0 Å². The zero-order valence-corrected chi connectivity index (χ0v) is 21.0. The van der Waals surface area contributed by atoms with Gasteiger partial charge in [0, 0.05) is 43.5 Å². The summed E-state index contributed by atoms with van der Waals surface area (Å²) < 4.78 is 6.41. The lowest BCUT2D eigenvalue weighted by Crippen LogP contribution is -2.50. The van der Waals surface area contributed by atoms with E-state index in [2.05, 4.69) is 40.7 Å². The van der Waals surface area contributed by atoms with Gasteiger partial charge < -0.3 is 19.6 Å². The zero-order valence-electron chi connectivity index (χ0n) is 21.0. The Morgan fingerprint density at radius 2 is 2.03 bits per heavy atom. The number of aliphatic hydroxyl groups excluding tert-OH is 1. The minimum absolute atomic E-state index is 0.0811. The molecule has 1 aliphatic heterocycles. The first-order valence-electron chi connectivity index (χ1n) is 12.6. The summed E-state index contributed by atoms with van der Waals surface area (Å²) in [6.45, 7) is 6.20. The van der Waals surface area contributed by atoms with Crippen molar-refractivity contribution in [3.63, 3.8) is 0 Å². The fourth-order valence-corrected chi connectivity index (χ4v) is 4.98. The van der Waals surface area contributed by atoms with Crippen LogP contribution in [0.2, 0.25) is 0 Å². The van der Waals surface area contributed by atoms with Gasteiger partial charge in [0.05, 0.1) is 12.6 Å². The van der Waals surface area contributed by atoms with E-state index in [1.807, 2.05) is 25.1 Å². The molecule has 0 radical (unpaired) electrons. The van der Waals surface area contributed by atoms with E-state index in [1.165, 1.54) is 25.7 Å². The van der Waals surface area contributed by atoms with Gasteiger partial charge in [-0.25, -0.2) is 9.97 Å². The molecule has 7 nitrogen and oxygen atoms in total. The summed E-state index contributed by atoms with van der Waals surface area (Å²) >= 11 is 0. The number of hydrogen-bond donors (Lipinski definition) is 1. The Balaban J connectivity index is 1.61. The van der Waals surface area contributed by atoms with Crippen LogP contribution in [0.1, 0.15) is 61.1 Å². The van der Waals surface area contributed by atoms with Gasteiger partial charge in [-0.15, -0.1) is 0 Å². The molecule has 0 unspecified atom stereocenters. The number of fused-ring (bicyclic) bond motifs is 1. The van der Waals surface area contributed by atoms with Gasteiger partial charge in [0.25, 0.3) is 5.91 Å². The second-order valence-electron chi connectivity index (χ2n) is 10.0. The van der Waals surface area contributed by atoms with Crippen molar-refractivity contribution in [3.8, 4) is 17.7 Å². The van der Waals surface area contributed by atoms with E-state index in [4.69, 9.17) is 4.74 Å². The Hall–Kier alpha value is -2.95. The van der Waals surface area contributed by atoms with Crippen LogP contribution >= 0.6 is 0 Å². The number of likely N-dealkylation sites (N-methyl/N-ethyl adjacent to an activating group) is 1. The summed E-state index contributed by atoms with van der Waals surface area (Å²) in [6.07, 6.45) is 8.47. The predicted octanol–water partition coefficient (Wildman–Crippen LogP) is 3.22. The Labute approximate surface area is 208 Å². The average molecular weight is 477 g/mol. The molecule has 0 spiro atoms. The summed E-state index contributed by atoms with van der Waals surface area (Å²) in [4.78, 5) is 26.4. The van der Waals surface area contributed by atoms with Gasteiger partial charge in [0.1, 0.15) is 17.4 Å². The van der Waals surface area contributed by atoms with Crippen molar-refractivity contribution in [2.45, 2.75) is 51.7 Å². The van der Waals surface area contributed by atoms with Gasteiger partial charge in [-0.05, 0) is 56.9 Å². The van der Waals surface area contributed by atoms with Crippen molar-refractivity contribution in [3.05, 3.63) is 53.5 Å². The molecule has 3 heterocycles. The third-order valence-corrected chi connectivity index (χ3v) is 7.06. The number of rotatable bonds is 6. The van der Waals surface area contributed by atoms with E-state index in [9.17, 15) is 9.90 Å². The van der Waals surface area contributed by atoms with Crippen LogP contribution in [-0.2, 0) is 0 Å². The molecule has 1 aliphatic carbocycles. The summed E-state index contributed by atoms with van der Waals surface area (Å²) in [5.41, 5.74) is 1.65. The molecule has 0 aromatic carbocycles. The maximum absolute atomic E-state index is 13.5. The molecular formula is C28H36N4O3. The zero-order chi connectivity index (χ0) is 24.8. The summed E-state index contributed by atoms with van der Waals surface area (Å²) in [6, 6.07) is 6.99. The maximum atomic E-state index is 13.5. The van der Waals surface area contributed by atoms with E-state index in [0.29, 0.717) is 29.2 Å². The Morgan fingerprint density at radius 1 is 1.23 bits per heavy atom. The van der Waals surface area contributed by atoms with Crippen LogP contribution in [0.25, 0.3) is 0 Å². The predicted molar refractivity (Wildman–Crippen MR) is 135 cm³/mol. The van der Waals surface area contributed by atoms with Gasteiger partial charge in [-0.2, -0.15) is 0 Å². The summed E-state index contributed by atoms with van der Waals surface area (Å²) in [7, 11) is 2.15. The lowest BCUT2D eigenvalue weighted by atomic mass is 9.99. The minimum Gasteiger partial charge on any atom is -0.472 e. The van der Waals surface area contributed by atoms with Gasteiger partial charge in [-0.1, -0.05) is 31.8 Å². The van der Waals surface area contributed by atoms with Crippen molar-refractivity contribution in [1.29, 1.82) is 0 Å². The van der Waals surface area contributed by atoms with Gasteiger partial charge in [-0.3, -0.25) is 4.79 Å². The van der Waals surface area contributed by atoms with E-state index in [1.54, 1.807) is 23.4 Å². The number of hydrogen-bond acceptors (Lipinski definition) is 6. The molecule has 1 fully saturated rings. The normalized spacial score (nSPS) is 21.5. The maximum Gasteiger partial charge on any atom is 0.259 e. The third-order valence-electron chi connectivity index (χ3n) is 7.06.